The number of carbonyl (C=O) groups is 1. The fourth-order valence-corrected chi connectivity index (χ4v) is 3.36. The smallest absolute Gasteiger partial charge is 0.315 e. The maximum Gasteiger partial charge on any atom is 0.315 e. The van der Waals surface area contributed by atoms with Crippen LogP contribution in [0.5, 0.6) is 0 Å². The molecule has 0 aliphatic heterocycles. The molecule has 0 aromatic heterocycles. The summed E-state index contributed by atoms with van der Waals surface area (Å²) >= 11 is 0. The number of aliphatic hydroxyl groups excluding tert-OH is 1. The van der Waals surface area contributed by atoms with E-state index in [0.29, 0.717) is 6.54 Å². The highest BCUT2D eigenvalue weighted by Crippen LogP contribution is 2.23. The normalized spacial score (nSPS) is 20.8. The molecule has 5 nitrogen and oxygen atoms in total. The highest BCUT2D eigenvalue weighted by atomic mass is 16.3. The lowest BCUT2D eigenvalue weighted by atomic mass is 9.85. The summed E-state index contributed by atoms with van der Waals surface area (Å²) in [6.07, 6.45) is 5.18. The Morgan fingerprint density at radius 2 is 2.00 bits per heavy atom. The Hall–Kier alpha value is -1.59. The van der Waals surface area contributed by atoms with Crippen molar-refractivity contribution in [2.75, 3.05) is 26.7 Å². The lowest BCUT2D eigenvalue weighted by molar-refractivity contribution is 0.153. The predicted octanol–water partition coefficient (Wildman–Crippen LogP) is 2.36. The van der Waals surface area contributed by atoms with Gasteiger partial charge in [-0.2, -0.15) is 0 Å². The van der Waals surface area contributed by atoms with Crippen LogP contribution in [-0.4, -0.2) is 48.8 Å². The van der Waals surface area contributed by atoms with E-state index in [0.717, 1.165) is 45.2 Å². The van der Waals surface area contributed by atoms with Gasteiger partial charge in [-0.25, -0.2) is 4.79 Å². The molecule has 1 aliphatic carbocycles. The number of nitrogens with one attached hydrogen (secondary N) is 2. The van der Waals surface area contributed by atoms with Crippen LogP contribution in [0.2, 0.25) is 0 Å². The standard InChI is InChI=1S/C19H31N3O2/c1-22(14-16-8-3-2-4-9-16)13-7-12-20-19(24)21-18-11-6-5-10-17(18)15-23/h2-4,8-9,17-18,23H,5-7,10-15H2,1H3,(H2,20,21,24). The molecule has 1 saturated carbocycles. The van der Waals surface area contributed by atoms with Crippen molar-refractivity contribution in [1.29, 1.82) is 0 Å². The number of nitrogens with zero attached hydrogens (tertiary/aromatic N) is 1. The quantitative estimate of drug-likeness (QED) is 0.640. The molecule has 3 N–H and O–H groups in total. The number of aliphatic hydroxyl groups is 1. The zero-order valence-electron chi connectivity index (χ0n) is 14.7. The molecule has 2 atom stereocenters. The third-order valence-electron chi connectivity index (χ3n) is 4.76. The molecule has 0 saturated heterocycles. The first-order valence-corrected chi connectivity index (χ1v) is 9.06. The van der Waals surface area contributed by atoms with Crippen molar-refractivity contribution in [2.45, 2.75) is 44.7 Å². The van der Waals surface area contributed by atoms with Gasteiger partial charge in [0.25, 0.3) is 0 Å². The van der Waals surface area contributed by atoms with E-state index in [1.54, 1.807) is 0 Å². The summed E-state index contributed by atoms with van der Waals surface area (Å²) in [5.74, 6) is 0.210. The van der Waals surface area contributed by atoms with Crippen molar-refractivity contribution in [3.05, 3.63) is 35.9 Å². The maximum atomic E-state index is 12.0. The molecule has 0 heterocycles. The van der Waals surface area contributed by atoms with Gasteiger partial charge in [0.15, 0.2) is 0 Å². The first-order chi connectivity index (χ1) is 11.7. The van der Waals surface area contributed by atoms with Crippen LogP contribution in [0.4, 0.5) is 4.79 Å². The molecule has 134 valence electrons. The molecule has 1 aromatic rings. The number of hydrogen-bond acceptors (Lipinski definition) is 3. The molecule has 0 bridgehead atoms. The SMILES string of the molecule is CN(CCCNC(=O)NC1CCCCC1CO)Cc1ccccc1. The van der Waals surface area contributed by atoms with E-state index in [1.807, 2.05) is 6.07 Å². The summed E-state index contributed by atoms with van der Waals surface area (Å²) in [6, 6.07) is 10.4. The topological polar surface area (TPSA) is 64.6 Å². The van der Waals surface area contributed by atoms with Gasteiger partial charge in [0.1, 0.15) is 0 Å². The van der Waals surface area contributed by atoms with Crippen LogP contribution in [0.3, 0.4) is 0 Å². The van der Waals surface area contributed by atoms with E-state index in [9.17, 15) is 9.90 Å². The van der Waals surface area contributed by atoms with E-state index in [1.165, 1.54) is 5.56 Å². The van der Waals surface area contributed by atoms with Crippen LogP contribution in [0, 0.1) is 5.92 Å². The van der Waals surface area contributed by atoms with E-state index in [2.05, 4.69) is 46.8 Å². The molecule has 2 unspecified atom stereocenters. The summed E-state index contributed by atoms with van der Waals surface area (Å²) in [4.78, 5) is 14.3. The van der Waals surface area contributed by atoms with Crippen LogP contribution in [0.15, 0.2) is 30.3 Å². The van der Waals surface area contributed by atoms with Crippen molar-refractivity contribution in [3.63, 3.8) is 0 Å². The van der Waals surface area contributed by atoms with E-state index < -0.39 is 0 Å². The van der Waals surface area contributed by atoms with Gasteiger partial charge in [-0.15, -0.1) is 0 Å². The Bertz CT molecular complexity index is 481. The van der Waals surface area contributed by atoms with Gasteiger partial charge in [0.05, 0.1) is 0 Å². The summed E-state index contributed by atoms with van der Waals surface area (Å²) in [7, 11) is 2.10. The zero-order valence-corrected chi connectivity index (χ0v) is 14.7. The average Bonchev–Trinajstić information content (AvgIpc) is 2.60. The minimum absolute atomic E-state index is 0.105. The molecule has 5 heteroatoms. The Morgan fingerprint density at radius 3 is 2.75 bits per heavy atom. The van der Waals surface area contributed by atoms with Crippen molar-refractivity contribution < 1.29 is 9.90 Å². The summed E-state index contributed by atoms with van der Waals surface area (Å²) in [5.41, 5.74) is 1.30. The van der Waals surface area contributed by atoms with Gasteiger partial charge >= 0.3 is 6.03 Å². The number of benzene rings is 1. The molecule has 1 aliphatic rings. The third-order valence-corrected chi connectivity index (χ3v) is 4.76. The van der Waals surface area contributed by atoms with Crippen LogP contribution in [0.1, 0.15) is 37.7 Å². The second-order valence-corrected chi connectivity index (χ2v) is 6.81. The zero-order chi connectivity index (χ0) is 17.2. The van der Waals surface area contributed by atoms with Crippen molar-refractivity contribution in [3.8, 4) is 0 Å². The van der Waals surface area contributed by atoms with Gasteiger partial charge in [-0.3, -0.25) is 0 Å². The summed E-state index contributed by atoms with van der Waals surface area (Å²) in [6.45, 7) is 2.70. The first kappa shape index (κ1) is 18.7. The molecule has 1 aromatic carbocycles. The molecule has 24 heavy (non-hydrogen) atoms. The van der Waals surface area contributed by atoms with Crippen LogP contribution in [0.25, 0.3) is 0 Å². The third kappa shape index (κ3) is 6.49. The Kier molecular flexibility index (Phi) is 8.05. The Balaban J connectivity index is 1.58. The van der Waals surface area contributed by atoms with Gasteiger partial charge in [0, 0.05) is 31.7 Å². The highest BCUT2D eigenvalue weighted by Gasteiger charge is 2.25. The molecule has 2 rings (SSSR count). The van der Waals surface area contributed by atoms with Crippen molar-refractivity contribution in [1.82, 2.24) is 15.5 Å². The van der Waals surface area contributed by atoms with E-state index in [4.69, 9.17) is 0 Å². The largest absolute Gasteiger partial charge is 0.396 e. The van der Waals surface area contributed by atoms with Gasteiger partial charge < -0.3 is 20.6 Å². The Labute approximate surface area is 145 Å². The van der Waals surface area contributed by atoms with Gasteiger partial charge in [-0.1, -0.05) is 43.2 Å². The van der Waals surface area contributed by atoms with Gasteiger partial charge in [-0.05, 0) is 38.4 Å². The monoisotopic (exact) mass is 333 g/mol. The van der Waals surface area contributed by atoms with Crippen molar-refractivity contribution >= 4 is 6.03 Å². The van der Waals surface area contributed by atoms with Gasteiger partial charge in [0.2, 0.25) is 0 Å². The van der Waals surface area contributed by atoms with E-state index in [-0.39, 0.29) is 24.6 Å². The summed E-state index contributed by atoms with van der Waals surface area (Å²) in [5, 5.41) is 15.4. The Morgan fingerprint density at radius 1 is 1.25 bits per heavy atom. The van der Waals surface area contributed by atoms with Crippen LogP contribution in [-0.2, 0) is 6.54 Å². The minimum atomic E-state index is -0.105. The number of amides is 2. The summed E-state index contributed by atoms with van der Waals surface area (Å²) < 4.78 is 0. The lowest BCUT2D eigenvalue weighted by Crippen LogP contribution is -2.48. The number of urea groups is 1. The second-order valence-electron chi connectivity index (χ2n) is 6.81. The number of rotatable bonds is 8. The molecule has 0 radical (unpaired) electrons. The molecule has 1 fully saturated rings. The molecular weight excluding hydrogens is 302 g/mol. The fourth-order valence-electron chi connectivity index (χ4n) is 3.36. The number of hydrogen-bond donors (Lipinski definition) is 3. The number of carbonyl (C=O) groups excluding carboxylic acids is 1. The van der Waals surface area contributed by atoms with Crippen LogP contribution < -0.4 is 10.6 Å². The lowest BCUT2D eigenvalue weighted by Gasteiger charge is -2.30. The van der Waals surface area contributed by atoms with E-state index >= 15 is 0 Å². The molecule has 2 amide bonds. The maximum absolute atomic E-state index is 12.0. The van der Waals surface area contributed by atoms with Crippen molar-refractivity contribution in [2.24, 2.45) is 5.92 Å². The second kappa shape index (κ2) is 10.3. The highest BCUT2D eigenvalue weighted by molar-refractivity contribution is 5.74. The predicted molar refractivity (Wildman–Crippen MR) is 96.8 cm³/mol. The fraction of sp³-hybridized carbons (Fsp3) is 0.632. The molecule has 0 spiro atoms. The minimum Gasteiger partial charge on any atom is -0.396 e. The van der Waals surface area contributed by atoms with Crippen LogP contribution >= 0.6 is 0 Å². The first-order valence-electron chi connectivity index (χ1n) is 9.06. The average molecular weight is 333 g/mol. The molecular formula is C19H31N3O2.